The molecule has 0 amide bonds. The SMILES string of the molecule is C(C#CCOC/C=C/c1ccccc1)#CCOC/C=C/c1ccccc1. The molecular formula is C24H22O2. The zero-order valence-corrected chi connectivity index (χ0v) is 14.7. The minimum atomic E-state index is 0.370. The van der Waals surface area contributed by atoms with Crippen molar-refractivity contribution in [3.63, 3.8) is 0 Å². The number of ether oxygens (including phenoxy) is 2. The van der Waals surface area contributed by atoms with E-state index in [2.05, 4.69) is 23.7 Å². The Labute approximate surface area is 156 Å². The second kappa shape index (κ2) is 13.3. The van der Waals surface area contributed by atoms with E-state index in [1.54, 1.807) is 0 Å². The van der Waals surface area contributed by atoms with E-state index < -0.39 is 0 Å². The predicted molar refractivity (Wildman–Crippen MR) is 108 cm³/mol. The van der Waals surface area contributed by atoms with Gasteiger partial charge in [-0.1, -0.05) is 96.8 Å². The number of rotatable bonds is 8. The molecule has 0 aliphatic carbocycles. The fourth-order valence-corrected chi connectivity index (χ4v) is 2.01. The van der Waals surface area contributed by atoms with Gasteiger partial charge < -0.3 is 9.47 Å². The summed E-state index contributed by atoms with van der Waals surface area (Å²) in [6, 6.07) is 20.2. The molecular weight excluding hydrogens is 320 g/mol. The van der Waals surface area contributed by atoms with Crippen molar-refractivity contribution >= 4 is 12.2 Å². The maximum absolute atomic E-state index is 5.39. The lowest BCUT2D eigenvalue weighted by Gasteiger charge is -1.93. The van der Waals surface area contributed by atoms with Crippen molar-refractivity contribution in [1.29, 1.82) is 0 Å². The molecule has 0 spiro atoms. The van der Waals surface area contributed by atoms with E-state index in [1.165, 1.54) is 0 Å². The summed E-state index contributed by atoms with van der Waals surface area (Å²) >= 11 is 0. The zero-order valence-electron chi connectivity index (χ0n) is 14.7. The van der Waals surface area contributed by atoms with Gasteiger partial charge >= 0.3 is 0 Å². The maximum Gasteiger partial charge on any atom is 0.109 e. The number of hydrogen-bond donors (Lipinski definition) is 0. The van der Waals surface area contributed by atoms with Gasteiger partial charge in [0.1, 0.15) is 13.2 Å². The molecule has 26 heavy (non-hydrogen) atoms. The Bertz CT molecular complexity index is 726. The van der Waals surface area contributed by atoms with Gasteiger partial charge in [0.2, 0.25) is 0 Å². The Morgan fingerprint density at radius 1 is 0.615 bits per heavy atom. The Morgan fingerprint density at radius 3 is 1.46 bits per heavy atom. The number of benzene rings is 2. The van der Waals surface area contributed by atoms with E-state index in [9.17, 15) is 0 Å². The monoisotopic (exact) mass is 342 g/mol. The van der Waals surface area contributed by atoms with Crippen LogP contribution in [0, 0.1) is 23.7 Å². The van der Waals surface area contributed by atoms with Gasteiger partial charge in [0.25, 0.3) is 0 Å². The molecule has 0 radical (unpaired) electrons. The van der Waals surface area contributed by atoms with Gasteiger partial charge in [0, 0.05) is 0 Å². The summed E-state index contributed by atoms with van der Waals surface area (Å²) in [7, 11) is 0. The van der Waals surface area contributed by atoms with Crippen LogP contribution in [0.3, 0.4) is 0 Å². The van der Waals surface area contributed by atoms with Crippen molar-refractivity contribution < 1.29 is 9.47 Å². The first-order chi connectivity index (χ1) is 12.9. The van der Waals surface area contributed by atoms with Gasteiger partial charge in [-0.2, -0.15) is 0 Å². The van der Waals surface area contributed by atoms with Gasteiger partial charge in [-0.15, -0.1) is 0 Å². The van der Waals surface area contributed by atoms with Gasteiger partial charge in [-0.05, 0) is 23.0 Å². The zero-order chi connectivity index (χ0) is 18.1. The summed E-state index contributed by atoms with van der Waals surface area (Å²) < 4.78 is 10.8. The maximum atomic E-state index is 5.39. The van der Waals surface area contributed by atoms with Gasteiger partial charge in [0.05, 0.1) is 13.2 Å². The highest BCUT2D eigenvalue weighted by Crippen LogP contribution is 2.01. The molecule has 0 saturated carbocycles. The molecule has 2 aromatic rings. The van der Waals surface area contributed by atoms with E-state index >= 15 is 0 Å². The van der Waals surface area contributed by atoms with E-state index in [1.807, 2.05) is 85.0 Å². The molecule has 0 aliphatic rings. The first kappa shape index (κ1) is 19.3. The smallest absolute Gasteiger partial charge is 0.109 e. The minimum Gasteiger partial charge on any atom is -0.365 e. The lowest BCUT2D eigenvalue weighted by atomic mass is 10.2. The molecule has 0 unspecified atom stereocenters. The van der Waals surface area contributed by atoms with Gasteiger partial charge in [-0.3, -0.25) is 0 Å². The van der Waals surface area contributed by atoms with Crippen molar-refractivity contribution in [2.24, 2.45) is 0 Å². The molecule has 0 bridgehead atoms. The Balaban J connectivity index is 1.50. The largest absolute Gasteiger partial charge is 0.365 e. The molecule has 2 aromatic carbocycles. The highest BCUT2D eigenvalue weighted by atomic mass is 16.5. The van der Waals surface area contributed by atoms with Crippen LogP contribution in [-0.4, -0.2) is 26.4 Å². The summed E-state index contributed by atoms with van der Waals surface area (Å²) in [5.74, 6) is 11.2. The Hall–Kier alpha value is -3.04. The Kier molecular flexibility index (Phi) is 9.85. The molecule has 0 N–H and O–H groups in total. The van der Waals surface area contributed by atoms with E-state index in [0.29, 0.717) is 26.4 Å². The Morgan fingerprint density at radius 2 is 1.04 bits per heavy atom. The van der Waals surface area contributed by atoms with Crippen LogP contribution in [0.4, 0.5) is 0 Å². The summed E-state index contributed by atoms with van der Waals surface area (Å²) in [4.78, 5) is 0. The number of hydrogen-bond acceptors (Lipinski definition) is 2. The van der Waals surface area contributed by atoms with Crippen molar-refractivity contribution in [2.75, 3.05) is 26.4 Å². The summed E-state index contributed by atoms with van der Waals surface area (Å²) in [5, 5.41) is 0. The molecule has 0 saturated heterocycles. The average molecular weight is 342 g/mol. The van der Waals surface area contributed by atoms with Crippen molar-refractivity contribution in [3.8, 4) is 23.7 Å². The quantitative estimate of drug-likeness (QED) is 0.521. The van der Waals surface area contributed by atoms with Crippen LogP contribution in [0.5, 0.6) is 0 Å². The predicted octanol–water partition coefficient (Wildman–Crippen LogP) is 4.45. The second-order valence-corrected chi connectivity index (χ2v) is 5.26. The van der Waals surface area contributed by atoms with E-state index in [4.69, 9.17) is 9.47 Å². The highest BCUT2D eigenvalue weighted by Gasteiger charge is 1.83. The molecule has 130 valence electrons. The van der Waals surface area contributed by atoms with Crippen LogP contribution < -0.4 is 0 Å². The third-order valence-corrected chi connectivity index (χ3v) is 3.24. The van der Waals surface area contributed by atoms with E-state index in [-0.39, 0.29) is 0 Å². The topological polar surface area (TPSA) is 18.5 Å². The fraction of sp³-hybridized carbons (Fsp3) is 0.167. The molecule has 0 aromatic heterocycles. The summed E-state index contributed by atoms with van der Waals surface area (Å²) in [6.07, 6.45) is 7.99. The van der Waals surface area contributed by atoms with Crippen LogP contribution in [0.25, 0.3) is 12.2 Å². The lowest BCUT2D eigenvalue weighted by molar-refractivity contribution is 0.199. The van der Waals surface area contributed by atoms with Crippen LogP contribution in [0.2, 0.25) is 0 Å². The van der Waals surface area contributed by atoms with Gasteiger partial charge in [-0.25, -0.2) is 0 Å². The lowest BCUT2D eigenvalue weighted by Crippen LogP contribution is -1.91. The summed E-state index contributed by atoms with van der Waals surface area (Å²) in [5.41, 5.74) is 2.32. The van der Waals surface area contributed by atoms with Crippen LogP contribution in [-0.2, 0) is 9.47 Å². The first-order valence-corrected chi connectivity index (χ1v) is 8.49. The van der Waals surface area contributed by atoms with E-state index in [0.717, 1.165) is 11.1 Å². The van der Waals surface area contributed by atoms with Gasteiger partial charge in [0.15, 0.2) is 0 Å². The van der Waals surface area contributed by atoms with Crippen LogP contribution in [0.1, 0.15) is 11.1 Å². The first-order valence-electron chi connectivity index (χ1n) is 8.49. The molecule has 0 atom stereocenters. The molecule has 0 fully saturated rings. The van der Waals surface area contributed by atoms with Crippen molar-refractivity contribution in [1.82, 2.24) is 0 Å². The van der Waals surface area contributed by atoms with Crippen LogP contribution in [0.15, 0.2) is 72.8 Å². The fourth-order valence-electron chi connectivity index (χ4n) is 2.01. The third kappa shape index (κ3) is 9.30. The third-order valence-electron chi connectivity index (χ3n) is 3.24. The standard InChI is InChI=1S/C24H22O2/c1(9-19-25-21-11-17-23-13-5-3-6-14-23)2-10-20-26-22-12-18-24-15-7-4-8-16-24/h3-8,11-18H,19-22H2/b17-11+,18-12+. The molecule has 2 rings (SSSR count). The average Bonchev–Trinajstić information content (AvgIpc) is 2.70. The molecule has 0 aliphatic heterocycles. The molecule has 2 nitrogen and oxygen atoms in total. The van der Waals surface area contributed by atoms with Crippen molar-refractivity contribution in [3.05, 3.63) is 83.9 Å². The highest BCUT2D eigenvalue weighted by molar-refractivity contribution is 5.49. The molecule has 0 heterocycles. The summed E-state index contributed by atoms with van der Waals surface area (Å²) in [6.45, 7) is 1.81. The second-order valence-electron chi connectivity index (χ2n) is 5.26. The normalized spacial score (nSPS) is 10.3. The van der Waals surface area contributed by atoms with Crippen molar-refractivity contribution in [2.45, 2.75) is 0 Å². The molecule has 2 heteroatoms. The van der Waals surface area contributed by atoms with Crippen LogP contribution >= 0.6 is 0 Å². The minimum absolute atomic E-state index is 0.370.